The average molecular weight is 1020 g/mol. The van der Waals surface area contributed by atoms with E-state index in [2.05, 4.69) is 0 Å². The van der Waals surface area contributed by atoms with Crippen molar-refractivity contribution in [3.8, 4) is 5.75 Å². The van der Waals surface area contributed by atoms with E-state index in [-0.39, 0.29) is 90.1 Å². The third-order valence-corrected chi connectivity index (χ3v) is 15.6. The predicted octanol–water partition coefficient (Wildman–Crippen LogP) is 6.99. The van der Waals surface area contributed by atoms with Crippen molar-refractivity contribution in [2.75, 3.05) is 36.6 Å². The van der Waals surface area contributed by atoms with Crippen molar-refractivity contribution in [1.82, 2.24) is 0 Å². The van der Waals surface area contributed by atoms with Gasteiger partial charge >= 0.3 is 29.6 Å². The minimum absolute atomic E-state index is 0. The summed E-state index contributed by atoms with van der Waals surface area (Å²) in [6, 6.07) is 10.3. The molecule has 0 unspecified atom stereocenters. The standard InChI is InChI=1S/C45H52F2N2O13S4.Na.H/c1-44(2)34-27-32(65(56,57)58)15-17-38(34)48(21-6-8-23-63(50,51)52)40(44)19-13-29-11-10-12-30(42(29)43-36(46)25-31(62-5)26-37(43)47)14-20-41-45(3,4)35-28-33(66(59,60)61)16-18-39(35)49(41)22-7-9-24-64(53,54)55;;/h13-20,25-28H,6-12,21-24H2,1-5H3,(H3-,50,51,52,53,54,55,56,57,58,59,60,61);;. The Morgan fingerprint density at radius 1 is 0.761 bits per heavy atom. The van der Waals surface area contributed by atoms with Crippen molar-refractivity contribution < 1.29 is 70.0 Å². The molecule has 0 aromatic heterocycles. The molecule has 1 aliphatic carbocycles. The number of allylic oxidation sites excluding steroid dienone is 8. The fourth-order valence-electron chi connectivity index (χ4n) is 9.06. The quantitative estimate of drug-likeness (QED) is 0.0535. The Morgan fingerprint density at radius 3 is 1.94 bits per heavy atom. The summed E-state index contributed by atoms with van der Waals surface area (Å²) in [6.45, 7) is 7.75. The zero-order valence-electron chi connectivity index (χ0n) is 36.9. The summed E-state index contributed by atoms with van der Waals surface area (Å²) in [4.78, 5) is 1.09. The molecule has 3 aromatic rings. The van der Waals surface area contributed by atoms with Crippen LogP contribution in [0.5, 0.6) is 5.75 Å². The van der Waals surface area contributed by atoms with Crippen LogP contribution in [0.2, 0.25) is 0 Å². The number of hydrogen-bond acceptors (Lipinski definition) is 11. The van der Waals surface area contributed by atoms with E-state index in [4.69, 9.17) is 4.74 Å². The van der Waals surface area contributed by atoms with Crippen LogP contribution < -0.4 is 9.64 Å². The fourth-order valence-corrected chi connectivity index (χ4v) is 11.2. The Kier molecular flexibility index (Phi) is 16.5. The van der Waals surface area contributed by atoms with Crippen molar-refractivity contribution in [3.05, 3.63) is 118 Å². The summed E-state index contributed by atoms with van der Waals surface area (Å²) >= 11 is 0. The molecule has 0 radical (unpaired) electrons. The molecule has 6 rings (SSSR count). The Bertz CT molecular complexity index is 3070. The van der Waals surface area contributed by atoms with Gasteiger partial charge in [0.25, 0.3) is 30.4 Å². The van der Waals surface area contributed by atoms with Gasteiger partial charge in [-0.15, -0.1) is 0 Å². The van der Waals surface area contributed by atoms with E-state index in [9.17, 15) is 51.9 Å². The second kappa shape index (κ2) is 20.4. The van der Waals surface area contributed by atoms with Crippen LogP contribution in [0.3, 0.4) is 0 Å². The van der Waals surface area contributed by atoms with E-state index in [0.717, 1.165) is 12.1 Å². The van der Waals surface area contributed by atoms with Gasteiger partial charge in [-0.3, -0.25) is 13.7 Å². The average Bonchev–Trinajstić information content (AvgIpc) is 3.55. The number of nitrogens with zero attached hydrogens (tertiary/aromatic N) is 2. The molecule has 2 heterocycles. The first-order valence-electron chi connectivity index (χ1n) is 21.0. The Balaban J connectivity index is 0.00000840. The number of rotatable bonds is 17. The number of anilines is 1. The van der Waals surface area contributed by atoms with Crippen LogP contribution in [0.25, 0.3) is 5.57 Å². The van der Waals surface area contributed by atoms with E-state index in [1.165, 1.54) is 43.5 Å². The fraction of sp³-hybridized carbons (Fsp3) is 0.400. The van der Waals surface area contributed by atoms with Gasteiger partial charge in [-0.1, -0.05) is 26.0 Å². The van der Waals surface area contributed by atoms with E-state index in [0.29, 0.717) is 64.3 Å². The number of benzene rings is 3. The van der Waals surface area contributed by atoms with Crippen LogP contribution in [0.4, 0.5) is 20.2 Å². The molecule has 0 bridgehead atoms. The van der Waals surface area contributed by atoms with Gasteiger partial charge in [0.05, 0.1) is 39.4 Å². The zero-order valence-corrected chi connectivity index (χ0v) is 40.2. The van der Waals surface area contributed by atoms with Gasteiger partial charge in [0.2, 0.25) is 5.69 Å². The number of methoxy groups -OCH3 is 1. The maximum atomic E-state index is 16.3. The summed E-state index contributed by atoms with van der Waals surface area (Å²) in [5.41, 5.74) is 2.47. The molecular weight excluding hydrogens is 966 g/mol. The molecule has 3 aliphatic rings. The van der Waals surface area contributed by atoms with Crippen LogP contribution in [-0.2, 0) is 51.3 Å². The second-order valence-corrected chi connectivity index (χ2v) is 23.5. The number of ether oxygens (including phenoxy) is 1. The molecule has 360 valence electrons. The number of unbranched alkanes of at least 4 members (excludes halogenated alkanes) is 2. The van der Waals surface area contributed by atoms with Crippen molar-refractivity contribution >= 4 is 92.7 Å². The van der Waals surface area contributed by atoms with Crippen molar-refractivity contribution in [3.63, 3.8) is 0 Å². The molecular formula is C45H53F2N2NaO13S4. The van der Waals surface area contributed by atoms with E-state index in [1.807, 2.05) is 37.2 Å². The first-order chi connectivity index (χ1) is 30.5. The Hall–Kier alpha value is -3.61. The van der Waals surface area contributed by atoms with Crippen LogP contribution in [-0.4, -0.2) is 123 Å². The molecule has 67 heavy (non-hydrogen) atoms. The van der Waals surface area contributed by atoms with Crippen molar-refractivity contribution in [1.29, 1.82) is 0 Å². The third-order valence-electron chi connectivity index (χ3n) is 12.3. The number of halogens is 2. The summed E-state index contributed by atoms with van der Waals surface area (Å²) in [7, 11) is -16.7. The molecule has 0 amide bonds. The maximum absolute atomic E-state index is 16.3. The Labute approximate surface area is 413 Å². The van der Waals surface area contributed by atoms with Crippen molar-refractivity contribution in [2.45, 2.75) is 93.3 Å². The minimum atomic E-state index is -4.85. The van der Waals surface area contributed by atoms with Crippen molar-refractivity contribution in [2.24, 2.45) is 0 Å². The molecule has 22 heteroatoms. The number of fused-ring (bicyclic) bond motifs is 2. The molecule has 3 aromatic carbocycles. The summed E-state index contributed by atoms with van der Waals surface area (Å²) in [6.07, 6.45) is 8.98. The third kappa shape index (κ3) is 12.2. The molecule has 0 atom stereocenters. The molecule has 0 saturated heterocycles. The Morgan fingerprint density at radius 2 is 1.36 bits per heavy atom. The van der Waals surface area contributed by atoms with Gasteiger partial charge in [-0.25, -0.2) is 17.2 Å². The van der Waals surface area contributed by atoms with Gasteiger partial charge < -0.3 is 14.2 Å². The van der Waals surface area contributed by atoms with Gasteiger partial charge in [-0.2, -0.15) is 29.8 Å². The monoisotopic (exact) mass is 1020 g/mol. The van der Waals surface area contributed by atoms with Crippen LogP contribution in [0.15, 0.2) is 99.5 Å². The molecule has 0 spiro atoms. The summed E-state index contributed by atoms with van der Waals surface area (Å²) in [5, 5.41) is 0. The SMILES string of the molecule is COc1cc(F)c(C2=C(C=CC3=[N+](CCCCS(=O)(=O)O)c4ccc(S(=O)(=O)[O-])cc4C3(C)C)CCCC2=CC=C2N(CCCCS(=O)(=O)O)c3ccc(S(=O)(=O)O)cc3C2(C)C)c(F)c1.[NaH]. The summed E-state index contributed by atoms with van der Waals surface area (Å²) < 4.78 is 175. The molecule has 0 saturated carbocycles. The van der Waals surface area contributed by atoms with Gasteiger partial charge in [0.1, 0.15) is 34.0 Å². The van der Waals surface area contributed by atoms with Gasteiger partial charge in [0, 0.05) is 59.6 Å². The van der Waals surface area contributed by atoms with Crippen LogP contribution in [0.1, 0.15) is 89.3 Å². The second-order valence-electron chi connectivity index (χ2n) is 17.5. The number of hydrogen-bond donors (Lipinski definition) is 3. The first-order valence-corrected chi connectivity index (χ1v) is 27.0. The topological polar surface area (TPSA) is 236 Å². The first kappa shape index (κ1) is 54.3. The summed E-state index contributed by atoms with van der Waals surface area (Å²) in [5.74, 6) is -2.85. The van der Waals surface area contributed by atoms with Crippen LogP contribution in [0, 0.1) is 11.6 Å². The normalized spacial score (nSPS) is 18.5. The van der Waals surface area contributed by atoms with E-state index >= 15 is 8.78 Å². The molecule has 0 fully saturated rings. The molecule has 3 N–H and O–H groups in total. The zero-order chi connectivity index (χ0) is 48.8. The van der Waals surface area contributed by atoms with Gasteiger partial charge in [-0.05, 0) is 111 Å². The van der Waals surface area contributed by atoms with Gasteiger partial charge in [0.15, 0.2) is 5.71 Å². The van der Waals surface area contributed by atoms with Crippen LogP contribution >= 0.6 is 0 Å². The molecule has 2 aliphatic heterocycles. The predicted molar refractivity (Wildman–Crippen MR) is 251 cm³/mol. The van der Waals surface area contributed by atoms with E-state index < -0.39 is 79.3 Å². The molecule has 15 nitrogen and oxygen atoms in total. The van der Waals surface area contributed by atoms with E-state index in [1.54, 1.807) is 24.3 Å².